The summed E-state index contributed by atoms with van der Waals surface area (Å²) in [5.74, 6) is 0.310. The summed E-state index contributed by atoms with van der Waals surface area (Å²) < 4.78 is 32.6. The van der Waals surface area contributed by atoms with Crippen LogP contribution < -0.4 is 10.1 Å². The zero-order chi connectivity index (χ0) is 19.2. The molecule has 0 radical (unpaired) electrons. The Balaban J connectivity index is 2.06. The van der Waals surface area contributed by atoms with E-state index in [9.17, 15) is 13.2 Å². The van der Waals surface area contributed by atoms with Gasteiger partial charge in [-0.1, -0.05) is 13.3 Å². The second-order valence-corrected chi connectivity index (χ2v) is 8.74. The van der Waals surface area contributed by atoms with E-state index in [4.69, 9.17) is 4.74 Å². The fourth-order valence-corrected chi connectivity index (χ4v) is 4.79. The average molecular weight is 383 g/mol. The van der Waals surface area contributed by atoms with E-state index in [0.717, 1.165) is 19.3 Å². The second-order valence-electron chi connectivity index (χ2n) is 6.80. The lowest BCUT2D eigenvalue weighted by Crippen LogP contribution is -2.47. The lowest BCUT2D eigenvalue weighted by molar-refractivity contribution is -0.126. The zero-order valence-corrected chi connectivity index (χ0v) is 16.7. The van der Waals surface area contributed by atoms with Crippen LogP contribution in [0, 0.1) is 5.92 Å². The maximum atomic E-state index is 12.9. The highest BCUT2D eigenvalue weighted by Crippen LogP contribution is 2.25. The van der Waals surface area contributed by atoms with Crippen LogP contribution in [-0.2, 0) is 14.8 Å². The number of nitrogens with one attached hydrogen (secondary N) is 1. The Morgan fingerprint density at radius 2 is 2.00 bits per heavy atom. The number of piperidine rings is 1. The molecule has 0 aliphatic carbocycles. The molecule has 2 rings (SSSR count). The third-order valence-corrected chi connectivity index (χ3v) is 6.52. The highest BCUT2D eigenvalue weighted by atomic mass is 32.2. The van der Waals surface area contributed by atoms with Crippen LogP contribution in [-0.4, -0.2) is 44.4 Å². The predicted octanol–water partition coefficient (Wildman–Crippen LogP) is 2.79. The average Bonchev–Trinajstić information content (AvgIpc) is 2.63. The van der Waals surface area contributed by atoms with Crippen LogP contribution in [0.4, 0.5) is 0 Å². The Labute approximate surface area is 157 Å². The number of benzene rings is 1. The molecule has 1 aliphatic heterocycles. The summed E-state index contributed by atoms with van der Waals surface area (Å²) in [7, 11) is -3.60. The molecule has 1 saturated heterocycles. The van der Waals surface area contributed by atoms with Gasteiger partial charge < -0.3 is 10.1 Å². The lowest BCUT2D eigenvalue weighted by Gasteiger charge is -2.31. The SMILES string of the molecule is CCC[C@@H](C)NC(=O)[C@@H]1CCCN(S(=O)(=O)c2ccc(OCC)cc2)C1. The normalized spacial score (nSPS) is 19.7. The fourth-order valence-electron chi connectivity index (χ4n) is 3.26. The third kappa shape index (κ3) is 5.20. The van der Waals surface area contributed by atoms with Crippen LogP contribution >= 0.6 is 0 Å². The van der Waals surface area contributed by atoms with Gasteiger partial charge in [0.2, 0.25) is 15.9 Å². The van der Waals surface area contributed by atoms with Gasteiger partial charge >= 0.3 is 0 Å². The van der Waals surface area contributed by atoms with E-state index in [-0.39, 0.29) is 29.3 Å². The van der Waals surface area contributed by atoms with Crippen molar-refractivity contribution in [3.05, 3.63) is 24.3 Å². The van der Waals surface area contributed by atoms with Crippen molar-refractivity contribution in [1.82, 2.24) is 9.62 Å². The molecule has 1 aromatic carbocycles. The summed E-state index contributed by atoms with van der Waals surface area (Å²) in [4.78, 5) is 12.7. The molecule has 1 amide bonds. The summed E-state index contributed by atoms with van der Waals surface area (Å²) in [6.45, 7) is 7.16. The van der Waals surface area contributed by atoms with Gasteiger partial charge in [0.25, 0.3) is 0 Å². The van der Waals surface area contributed by atoms with Crippen LogP contribution in [0.5, 0.6) is 5.75 Å². The van der Waals surface area contributed by atoms with Gasteiger partial charge in [0, 0.05) is 19.1 Å². The molecule has 0 unspecified atom stereocenters. The van der Waals surface area contributed by atoms with Crippen molar-refractivity contribution in [3.8, 4) is 5.75 Å². The molecule has 146 valence electrons. The van der Waals surface area contributed by atoms with Crippen molar-refractivity contribution >= 4 is 15.9 Å². The largest absolute Gasteiger partial charge is 0.494 e. The van der Waals surface area contributed by atoms with E-state index in [2.05, 4.69) is 12.2 Å². The fraction of sp³-hybridized carbons (Fsp3) is 0.632. The molecule has 2 atom stereocenters. The quantitative estimate of drug-likeness (QED) is 0.750. The van der Waals surface area contributed by atoms with Crippen molar-refractivity contribution in [2.45, 2.75) is 57.4 Å². The first-order valence-corrected chi connectivity index (χ1v) is 10.9. The summed E-state index contributed by atoms with van der Waals surface area (Å²) in [6.07, 6.45) is 3.34. The minimum absolute atomic E-state index is 0.0439. The maximum Gasteiger partial charge on any atom is 0.243 e. The van der Waals surface area contributed by atoms with Gasteiger partial charge in [-0.2, -0.15) is 4.31 Å². The van der Waals surface area contributed by atoms with E-state index >= 15 is 0 Å². The van der Waals surface area contributed by atoms with Gasteiger partial charge in [-0.15, -0.1) is 0 Å². The van der Waals surface area contributed by atoms with Crippen molar-refractivity contribution in [2.24, 2.45) is 5.92 Å². The van der Waals surface area contributed by atoms with Crippen LogP contribution in [0.2, 0.25) is 0 Å². The summed E-state index contributed by atoms with van der Waals surface area (Å²) in [6, 6.07) is 6.57. The van der Waals surface area contributed by atoms with Crippen LogP contribution in [0.15, 0.2) is 29.2 Å². The van der Waals surface area contributed by atoms with Gasteiger partial charge in [0.05, 0.1) is 17.4 Å². The van der Waals surface area contributed by atoms with Crippen molar-refractivity contribution in [3.63, 3.8) is 0 Å². The monoisotopic (exact) mass is 382 g/mol. The predicted molar refractivity (Wildman–Crippen MR) is 102 cm³/mol. The Morgan fingerprint density at radius 3 is 2.62 bits per heavy atom. The molecule has 1 fully saturated rings. The Bertz CT molecular complexity index is 688. The molecule has 1 N–H and O–H groups in total. The Morgan fingerprint density at radius 1 is 1.31 bits per heavy atom. The van der Waals surface area contributed by atoms with Gasteiger partial charge in [-0.05, 0) is 57.4 Å². The van der Waals surface area contributed by atoms with Crippen molar-refractivity contribution in [1.29, 1.82) is 0 Å². The van der Waals surface area contributed by atoms with E-state index < -0.39 is 10.0 Å². The number of hydrogen-bond acceptors (Lipinski definition) is 4. The van der Waals surface area contributed by atoms with E-state index in [1.807, 2.05) is 13.8 Å². The molecule has 0 saturated carbocycles. The minimum Gasteiger partial charge on any atom is -0.494 e. The Hall–Kier alpha value is -1.60. The first-order valence-electron chi connectivity index (χ1n) is 9.41. The lowest BCUT2D eigenvalue weighted by atomic mass is 9.98. The van der Waals surface area contributed by atoms with Gasteiger partial charge in [0.15, 0.2) is 0 Å². The maximum absolute atomic E-state index is 12.9. The molecule has 0 bridgehead atoms. The highest BCUT2D eigenvalue weighted by Gasteiger charge is 2.33. The molecule has 0 aromatic heterocycles. The number of sulfonamides is 1. The third-order valence-electron chi connectivity index (χ3n) is 4.64. The number of nitrogens with zero attached hydrogens (tertiary/aromatic N) is 1. The van der Waals surface area contributed by atoms with Crippen LogP contribution in [0.1, 0.15) is 46.5 Å². The molecule has 26 heavy (non-hydrogen) atoms. The van der Waals surface area contributed by atoms with Gasteiger partial charge in [-0.3, -0.25) is 4.79 Å². The number of carbonyl (C=O) groups is 1. The molecule has 1 heterocycles. The molecular formula is C19H30N2O4S. The second kappa shape index (κ2) is 9.37. The highest BCUT2D eigenvalue weighted by molar-refractivity contribution is 7.89. The molecule has 1 aromatic rings. The molecule has 1 aliphatic rings. The van der Waals surface area contributed by atoms with Crippen LogP contribution in [0.3, 0.4) is 0 Å². The smallest absolute Gasteiger partial charge is 0.243 e. The van der Waals surface area contributed by atoms with Crippen LogP contribution in [0.25, 0.3) is 0 Å². The standard InChI is InChI=1S/C19H30N2O4S/c1-4-7-15(3)20-19(22)16-8-6-13-21(14-16)26(23,24)18-11-9-17(10-12-18)25-5-2/h9-12,15-16H,4-8,13-14H2,1-3H3,(H,20,22)/t15-,16-/m1/s1. The van der Waals surface area contributed by atoms with Gasteiger partial charge in [-0.25, -0.2) is 8.42 Å². The molecular weight excluding hydrogens is 352 g/mol. The molecule has 6 nitrogen and oxygen atoms in total. The number of rotatable bonds is 8. The van der Waals surface area contributed by atoms with E-state index in [0.29, 0.717) is 25.3 Å². The zero-order valence-electron chi connectivity index (χ0n) is 15.9. The number of amides is 1. The van der Waals surface area contributed by atoms with Gasteiger partial charge in [0.1, 0.15) is 5.75 Å². The van der Waals surface area contributed by atoms with Crippen molar-refractivity contribution < 1.29 is 17.9 Å². The Kier molecular flexibility index (Phi) is 7.46. The summed E-state index contributed by atoms with van der Waals surface area (Å²) >= 11 is 0. The van der Waals surface area contributed by atoms with Crippen molar-refractivity contribution in [2.75, 3.05) is 19.7 Å². The first-order chi connectivity index (χ1) is 12.4. The minimum atomic E-state index is -3.60. The van der Waals surface area contributed by atoms with E-state index in [1.165, 1.54) is 4.31 Å². The summed E-state index contributed by atoms with van der Waals surface area (Å²) in [5, 5.41) is 3.01. The van der Waals surface area contributed by atoms with E-state index in [1.54, 1.807) is 24.3 Å². The molecule has 0 spiro atoms. The number of carbonyl (C=O) groups excluding carboxylic acids is 1. The number of ether oxygens (including phenoxy) is 1. The summed E-state index contributed by atoms with van der Waals surface area (Å²) in [5.41, 5.74) is 0. The number of hydrogen-bond donors (Lipinski definition) is 1. The first kappa shape index (κ1) is 20.7. The molecule has 7 heteroatoms. The topological polar surface area (TPSA) is 75.7 Å².